The molecule has 0 aromatic rings. The highest BCUT2D eigenvalue weighted by Crippen LogP contribution is 2.07. The zero-order valence-electron chi connectivity index (χ0n) is 5.57. The number of carbonyl (C=O) groups excluding carboxylic acids is 1. The summed E-state index contributed by atoms with van der Waals surface area (Å²) in [6, 6.07) is 0. The van der Waals surface area contributed by atoms with Gasteiger partial charge in [0.05, 0.1) is 5.75 Å². The van der Waals surface area contributed by atoms with E-state index < -0.39 is 10.9 Å². The van der Waals surface area contributed by atoms with Crippen LogP contribution in [-0.4, -0.2) is 28.4 Å². The molecular weight excluding hydrogens is 172 g/mol. The van der Waals surface area contributed by atoms with Gasteiger partial charge in [-0.25, -0.2) is 0 Å². The summed E-state index contributed by atoms with van der Waals surface area (Å²) < 4.78 is 4.51. The van der Waals surface area contributed by atoms with Gasteiger partial charge in [0, 0.05) is 0 Å². The van der Waals surface area contributed by atoms with Gasteiger partial charge < -0.3 is 9.84 Å². The lowest BCUT2D eigenvalue weighted by molar-refractivity contribution is -0.143. The summed E-state index contributed by atoms with van der Waals surface area (Å²) in [6.45, 7) is 1.32. The molecule has 0 aromatic carbocycles. The van der Waals surface area contributed by atoms with Crippen LogP contribution in [0.15, 0.2) is 0 Å². The van der Waals surface area contributed by atoms with Crippen LogP contribution in [0.2, 0.25) is 0 Å². The largest absolute Gasteiger partial charge is 0.461 e. The first kappa shape index (κ1) is 10.1. The normalized spacial score (nSPS) is 16.0. The lowest BCUT2D eigenvalue weighted by atomic mass is 10.4. The van der Waals surface area contributed by atoms with Gasteiger partial charge >= 0.3 is 5.97 Å². The summed E-state index contributed by atoms with van der Waals surface area (Å²) in [5.74, 6) is -0.443. The van der Waals surface area contributed by atoms with E-state index in [0.717, 1.165) is 0 Å². The Morgan fingerprint density at radius 3 is 2.60 bits per heavy atom. The molecular formula is C5H10O3S2. The molecule has 0 heterocycles. The maximum absolute atomic E-state index is 10.4. The van der Waals surface area contributed by atoms with Crippen molar-refractivity contribution < 1.29 is 14.6 Å². The molecule has 1 atom stereocenters. The summed E-state index contributed by atoms with van der Waals surface area (Å²) in [5, 5.41) is 8.92. The van der Waals surface area contributed by atoms with Crippen LogP contribution in [-0.2, 0) is 9.53 Å². The minimum Gasteiger partial charge on any atom is -0.461 e. The standard InChI is InChI=1S/C5H10O3S2/c1-5(7,10)3-8-4(6)2-9/h7,9-10H,2-3H2,1H3. The monoisotopic (exact) mass is 182 g/mol. The molecule has 0 spiro atoms. The summed E-state index contributed by atoms with van der Waals surface area (Å²) in [4.78, 5) is 9.16. The Kier molecular flexibility index (Phi) is 4.15. The minimum atomic E-state index is -1.25. The summed E-state index contributed by atoms with van der Waals surface area (Å²) >= 11 is 7.39. The topological polar surface area (TPSA) is 46.5 Å². The summed E-state index contributed by atoms with van der Waals surface area (Å²) in [6.07, 6.45) is 0. The Morgan fingerprint density at radius 2 is 2.30 bits per heavy atom. The Morgan fingerprint density at radius 1 is 1.80 bits per heavy atom. The SMILES string of the molecule is CC(O)(S)COC(=O)CS. The van der Waals surface area contributed by atoms with Crippen LogP contribution in [0.1, 0.15) is 6.92 Å². The van der Waals surface area contributed by atoms with E-state index in [1.165, 1.54) is 6.92 Å². The molecule has 0 aliphatic carbocycles. The molecule has 3 nitrogen and oxygen atoms in total. The average molecular weight is 182 g/mol. The first-order valence-electron chi connectivity index (χ1n) is 2.67. The van der Waals surface area contributed by atoms with Gasteiger partial charge in [-0.2, -0.15) is 12.6 Å². The first-order valence-corrected chi connectivity index (χ1v) is 3.75. The van der Waals surface area contributed by atoms with Gasteiger partial charge in [0.15, 0.2) is 0 Å². The van der Waals surface area contributed by atoms with Crippen LogP contribution in [0, 0.1) is 0 Å². The molecule has 1 unspecified atom stereocenters. The molecule has 0 fully saturated rings. The maximum Gasteiger partial charge on any atom is 0.315 e. The second kappa shape index (κ2) is 4.10. The van der Waals surface area contributed by atoms with Crippen LogP contribution >= 0.6 is 25.3 Å². The van der Waals surface area contributed by atoms with Crippen molar-refractivity contribution in [2.75, 3.05) is 12.4 Å². The fraction of sp³-hybridized carbons (Fsp3) is 0.800. The molecule has 60 valence electrons. The molecule has 10 heavy (non-hydrogen) atoms. The molecule has 0 bridgehead atoms. The third kappa shape index (κ3) is 6.25. The molecule has 0 rings (SSSR count). The second-order valence-corrected chi connectivity index (χ2v) is 3.32. The Labute approximate surface area is 70.6 Å². The van der Waals surface area contributed by atoms with Crippen LogP contribution in [0.4, 0.5) is 0 Å². The molecule has 0 aromatic heterocycles. The highest BCUT2D eigenvalue weighted by atomic mass is 32.1. The van der Waals surface area contributed by atoms with Crippen molar-refractivity contribution in [3.63, 3.8) is 0 Å². The highest BCUT2D eigenvalue weighted by Gasteiger charge is 2.15. The van der Waals surface area contributed by atoms with Crippen LogP contribution in [0.25, 0.3) is 0 Å². The van der Waals surface area contributed by atoms with Gasteiger partial charge in [-0.3, -0.25) is 4.79 Å². The molecule has 0 radical (unpaired) electrons. The maximum atomic E-state index is 10.4. The van der Waals surface area contributed by atoms with Crippen molar-refractivity contribution in [3.8, 4) is 0 Å². The van der Waals surface area contributed by atoms with Crippen LogP contribution in [0.3, 0.4) is 0 Å². The number of rotatable bonds is 3. The van der Waals surface area contributed by atoms with E-state index in [-0.39, 0.29) is 12.4 Å². The van der Waals surface area contributed by atoms with Crippen LogP contribution in [0.5, 0.6) is 0 Å². The van der Waals surface area contributed by atoms with Crippen molar-refractivity contribution >= 4 is 31.2 Å². The lowest BCUT2D eigenvalue weighted by Gasteiger charge is -2.14. The van der Waals surface area contributed by atoms with Gasteiger partial charge in [-0.05, 0) is 6.92 Å². The zero-order valence-corrected chi connectivity index (χ0v) is 7.36. The van der Waals surface area contributed by atoms with E-state index in [2.05, 4.69) is 30.0 Å². The predicted molar refractivity (Wildman–Crippen MR) is 44.4 cm³/mol. The van der Waals surface area contributed by atoms with Gasteiger partial charge in [0.25, 0.3) is 0 Å². The average Bonchev–Trinajstić information content (AvgIpc) is 1.81. The van der Waals surface area contributed by atoms with Crippen LogP contribution < -0.4 is 0 Å². The fourth-order valence-electron chi connectivity index (χ4n) is 0.263. The zero-order chi connectivity index (χ0) is 8.20. The smallest absolute Gasteiger partial charge is 0.315 e. The number of hydrogen-bond donors (Lipinski definition) is 3. The van der Waals surface area contributed by atoms with Crippen molar-refractivity contribution in [1.82, 2.24) is 0 Å². The van der Waals surface area contributed by atoms with Gasteiger partial charge in [0.2, 0.25) is 0 Å². The van der Waals surface area contributed by atoms with E-state index in [1.54, 1.807) is 0 Å². The Hall–Kier alpha value is 0.130. The number of thiol groups is 2. The predicted octanol–water partition coefficient (Wildman–Crippen LogP) is 0.0977. The molecule has 0 saturated heterocycles. The lowest BCUT2D eigenvalue weighted by Crippen LogP contribution is -2.25. The number of carbonyl (C=O) groups is 1. The molecule has 0 aliphatic rings. The van der Waals surface area contributed by atoms with E-state index in [9.17, 15) is 4.79 Å². The molecule has 0 saturated carbocycles. The quantitative estimate of drug-likeness (QED) is 0.329. The van der Waals surface area contributed by atoms with Crippen molar-refractivity contribution in [3.05, 3.63) is 0 Å². The van der Waals surface area contributed by atoms with E-state index in [0.29, 0.717) is 0 Å². The first-order chi connectivity index (χ1) is 4.45. The summed E-state index contributed by atoms with van der Waals surface area (Å²) in [5.41, 5.74) is 0. The highest BCUT2D eigenvalue weighted by molar-refractivity contribution is 7.81. The third-order valence-corrected chi connectivity index (χ3v) is 1.02. The molecule has 1 N–H and O–H groups in total. The number of hydrogen-bond acceptors (Lipinski definition) is 5. The van der Waals surface area contributed by atoms with Gasteiger partial charge in [-0.15, -0.1) is 12.6 Å². The number of ether oxygens (including phenoxy) is 1. The molecule has 5 heteroatoms. The van der Waals surface area contributed by atoms with Crippen molar-refractivity contribution in [2.24, 2.45) is 0 Å². The second-order valence-electron chi connectivity index (χ2n) is 2.04. The third-order valence-electron chi connectivity index (χ3n) is 0.636. The van der Waals surface area contributed by atoms with E-state index >= 15 is 0 Å². The molecule has 0 amide bonds. The Balaban J connectivity index is 3.46. The Bertz CT molecular complexity index is 119. The number of aliphatic hydroxyl groups is 1. The van der Waals surface area contributed by atoms with Crippen molar-refractivity contribution in [1.29, 1.82) is 0 Å². The summed E-state index contributed by atoms with van der Waals surface area (Å²) in [7, 11) is 0. The van der Waals surface area contributed by atoms with Gasteiger partial charge in [0.1, 0.15) is 11.5 Å². The number of esters is 1. The van der Waals surface area contributed by atoms with Crippen molar-refractivity contribution in [2.45, 2.75) is 11.9 Å². The molecule has 0 aliphatic heterocycles. The minimum absolute atomic E-state index is 0.0177. The van der Waals surface area contributed by atoms with E-state index in [4.69, 9.17) is 5.11 Å². The van der Waals surface area contributed by atoms with Gasteiger partial charge in [-0.1, -0.05) is 0 Å². The van der Waals surface area contributed by atoms with E-state index in [1.807, 2.05) is 0 Å². The fourth-order valence-corrected chi connectivity index (χ4v) is 0.419.